The number of rotatable bonds is 7. The highest BCUT2D eigenvalue weighted by molar-refractivity contribution is 5.92. The fraction of sp³-hybridized carbons (Fsp3) is 0.321. The maximum Gasteiger partial charge on any atom is 0.433 e. The average molecular weight is 553 g/mol. The van der Waals surface area contributed by atoms with Gasteiger partial charge in [-0.05, 0) is 68.0 Å². The lowest BCUT2D eigenvalue weighted by molar-refractivity contribution is -0.141. The Morgan fingerprint density at radius 1 is 1.07 bits per heavy atom. The Bertz CT molecular complexity index is 1560. The molecule has 0 saturated heterocycles. The minimum atomic E-state index is -4.63. The molecule has 1 atom stereocenters. The molecule has 40 heavy (non-hydrogen) atoms. The van der Waals surface area contributed by atoms with E-state index in [2.05, 4.69) is 25.5 Å². The summed E-state index contributed by atoms with van der Waals surface area (Å²) in [4.78, 5) is 20.5. The summed E-state index contributed by atoms with van der Waals surface area (Å²) < 4.78 is 61.1. The van der Waals surface area contributed by atoms with Crippen molar-refractivity contribution >= 4 is 5.91 Å². The second-order valence-corrected chi connectivity index (χ2v) is 10.1. The first-order chi connectivity index (χ1) is 19.2. The Balaban J connectivity index is 1.21. The van der Waals surface area contributed by atoms with Crippen molar-refractivity contribution in [1.82, 2.24) is 30.0 Å². The quantitative estimate of drug-likeness (QED) is 0.311. The van der Waals surface area contributed by atoms with Gasteiger partial charge in [0.25, 0.3) is 5.91 Å². The zero-order valence-corrected chi connectivity index (χ0v) is 21.3. The van der Waals surface area contributed by atoms with Crippen LogP contribution in [0.1, 0.15) is 54.1 Å². The van der Waals surface area contributed by atoms with Gasteiger partial charge in [-0.1, -0.05) is 18.2 Å². The summed E-state index contributed by atoms with van der Waals surface area (Å²) in [6.45, 7) is 2.37. The summed E-state index contributed by atoms with van der Waals surface area (Å²) in [5.41, 5.74) is -0.778. The van der Waals surface area contributed by atoms with Crippen molar-refractivity contribution in [2.45, 2.75) is 44.3 Å². The van der Waals surface area contributed by atoms with Gasteiger partial charge >= 0.3 is 6.18 Å². The number of pyridine rings is 2. The van der Waals surface area contributed by atoms with E-state index in [4.69, 9.17) is 4.74 Å². The topological polar surface area (TPSA) is 94.8 Å². The highest BCUT2D eigenvalue weighted by atomic mass is 19.4. The van der Waals surface area contributed by atoms with Gasteiger partial charge in [0.05, 0.1) is 18.5 Å². The molecule has 4 aromatic rings. The number of benzene rings is 1. The normalized spacial score (nSPS) is 21.6. The van der Waals surface area contributed by atoms with E-state index >= 15 is 0 Å². The highest BCUT2D eigenvalue weighted by Gasteiger charge is 2.63. The second kappa shape index (κ2) is 9.68. The number of carbonyl (C=O) groups is 1. The molecule has 6 rings (SSSR count). The van der Waals surface area contributed by atoms with E-state index in [9.17, 15) is 22.4 Å². The molecular formula is C28H24F4N6O2. The lowest BCUT2D eigenvalue weighted by Gasteiger charge is -2.36. The first-order valence-corrected chi connectivity index (χ1v) is 12.8. The third-order valence-electron chi connectivity index (χ3n) is 7.50. The minimum absolute atomic E-state index is 0.0582. The number of aromatic nitrogens is 5. The summed E-state index contributed by atoms with van der Waals surface area (Å²) in [7, 11) is 0. The fourth-order valence-electron chi connectivity index (χ4n) is 5.42. The average Bonchev–Trinajstić information content (AvgIpc) is 3.47. The van der Waals surface area contributed by atoms with E-state index in [1.807, 2.05) is 6.92 Å². The zero-order valence-electron chi connectivity index (χ0n) is 21.3. The minimum Gasteiger partial charge on any atom is -0.492 e. The van der Waals surface area contributed by atoms with Crippen LogP contribution in [0.4, 0.5) is 17.6 Å². The molecule has 0 radical (unpaired) electrons. The number of hydrogen-bond acceptors (Lipinski definition) is 6. The zero-order chi connectivity index (χ0) is 28.1. The van der Waals surface area contributed by atoms with Crippen LogP contribution in [0.2, 0.25) is 0 Å². The van der Waals surface area contributed by atoms with E-state index in [0.29, 0.717) is 54.6 Å². The van der Waals surface area contributed by atoms with E-state index in [-0.39, 0.29) is 23.1 Å². The number of nitrogens with one attached hydrogen (secondary N) is 1. The molecule has 0 aliphatic heterocycles. The third kappa shape index (κ3) is 4.67. The SMILES string of the molecule is CCOc1ccc(-c2nnc(C3CC4(C3)CC4NC(=O)c3cccc(C(F)(F)F)n3)n2-c2ccccc2F)nc1. The molecule has 2 aliphatic rings. The first kappa shape index (κ1) is 25.9. The number of amides is 1. The first-order valence-electron chi connectivity index (χ1n) is 12.8. The Morgan fingerprint density at radius 2 is 1.88 bits per heavy atom. The van der Waals surface area contributed by atoms with Gasteiger partial charge in [0.1, 0.15) is 34.5 Å². The summed E-state index contributed by atoms with van der Waals surface area (Å²) >= 11 is 0. The van der Waals surface area contributed by atoms with Crippen LogP contribution in [-0.2, 0) is 6.18 Å². The summed E-state index contributed by atoms with van der Waals surface area (Å²) in [6.07, 6.45) is -1.04. The Hall–Kier alpha value is -4.35. The van der Waals surface area contributed by atoms with Gasteiger partial charge in [-0.3, -0.25) is 9.36 Å². The molecule has 1 spiro atoms. The van der Waals surface area contributed by atoms with Crippen LogP contribution in [0.15, 0.2) is 60.8 Å². The maximum absolute atomic E-state index is 15.0. The molecule has 2 aliphatic carbocycles. The molecule has 2 saturated carbocycles. The van der Waals surface area contributed by atoms with Gasteiger partial charge in [-0.2, -0.15) is 13.2 Å². The predicted octanol–water partition coefficient (Wildman–Crippen LogP) is 5.35. The number of para-hydroxylation sites is 1. The van der Waals surface area contributed by atoms with Crippen LogP contribution in [0.25, 0.3) is 17.2 Å². The third-order valence-corrected chi connectivity index (χ3v) is 7.50. The van der Waals surface area contributed by atoms with Crippen molar-refractivity contribution < 1.29 is 27.1 Å². The lowest BCUT2D eigenvalue weighted by atomic mass is 9.70. The van der Waals surface area contributed by atoms with Gasteiger partial charge < -0.3 is 10.1 Å². The smallest absolute Gasteiger partial charge is 0.433 e. The lowest BCUT2D eigenvalue weighted by Crippen LogP contribution is -2.36. The van der Waals surface area contributed by atoms with E-state index in [1.165, 1.54) is 18.2 Å². The summed E-state index contributed by atoms with van der Waals surface area (Å²) in [5.74, 6) is 0.437. The monoisotopic (exact) mass is 552 g/mol. The Labute approximate surface area is 226 Å². The molecule has 1 unspecified atom stereocenters. The van der Waals surface area contributed by atoms with E-state index in [1.54, 1.807) is 41.1 Å². The molecule has 3 heterocycles. The van der Waals surface area contributed by atoms with Crippen LogP contribution in [-0.4, -0.2) is 43.3 Å². The van der Waals surface area contributed by atoms with Gasteiger partial charge in [-0.15, -0.1) is 10.2 Å². The Kier molecular flexibility index (Phi) is 6.27. The molecule has 8 nitrogen and oxygen atoms in total. The molecule has 3 aromatic heterocycles. The predicted molar refractivity (Wildman–Crippen MR) is 135 cm³/mol. The number of alkyl halides is 3. The largest absolute Gasteiger partial charge is 0.492 e. The molecule has 206 valence electrons. The summed E-state index contributed by atoms with van der Waals surface area (Å²) in [6, 6.07) is 12.9. The molecule has 0 bridgehead atoms. The fourth-order valence-corrected chi connectivity index (χ4v) is 5.42. The molecule has 12 heteroatoms. The van der Waals surface area contributed by atoms with Crippen molar-refractivity contribution in [2.75, 3.05) is 6.61 Å². The number of hydrogen-bond donors (Lipinski definition) is 1. The van der Waals surface area contributed by atoms with Gasteiger partial charge in [-0.25, -0.2) is 14.4 Å². The van der Waals surface area contributed by atoms with Gasteiger partial charge in [0.2, 0.25) is 0 Å². The molecule has 1 amide bonds. The van der Waals surface area contributed by atoms with Crippen molar-refractivity contribution in [3.63, 3.8) is 0 Å². The number of nitrogens with zero attached hydrogens (tertiary/aromatic N) is 5. The molecule has 2 fully saturated rings. The van der Waals surface area contributed by atoms with Crippen molar-refractivity contribution in [1.29, 1.82) is 0 Å². The molecular weight excluding hydrogens is 528 g/mol. The molecule has 1 N–H and O–H groups in total. The Morgan fingerprint density at radius 3 is 2.58 bits per heavy atom. The van der Waals surface area contributed by atoms with Gasteiger partial charge in [0, 0.05) is 12.0 Å². The van der Waals surface area contributed by atoms with Crippen molar-refractivity contribution in [2.24, 2.45) is 5.41 Å². The van der Waals surface area contributed by atoms with Crippen LogP contribution in [0.5, 0.6) is 5.75 Å². The van der Waals surface area contributed by atoms with Crippen LogP contribution in [0.3, 0.4) is 0 Å². The maximum atomic E-state index is 15.0. The number of ether oxygens (including phenoxy) is 1. The second-order valence-electron chi connectivity index (χ2n) is 10.1. The molecule has 1 aromatic carbocycles. The van der Waals surface area contributed by atoms with Crippen molar-refractivity contribution in [3.05, 3.63) is 83.8 Å². The van der Waals surface area contributed by atoms with Crippen LogP contribution < -0.4 is 10.1 Å². The summed E-state index contributed by atoms with van der Waals surface area (Å²) in [5, 5.41) is 11.6. The number of carbonyl (C=O) groups excluding carboxylic acids is 1. The standard InChI is InChI=1S/C28H24F4N6O2/c1-2-40-17-10-11-19(33-15-17)25-37-36-24(38(25)21-8-4-3-6-18(21)29)16-12-27(13-16)14-23(27)35-26(39)20-7-5-9-22(34-20)28(30,31)32/h3-11,15-16,23H,2,12-14H2,1H3,(H,35,39). The van der Waals surface area contributed by atoms with E-state index < -0.39 is 23.6 Å². The van der Waals surface area contributed by atoms with E-state index in [0.717, 1.165) is 6.07 Å². The van der Waals surface area contributed by atoms with Crippen LogP contribution in [0, 0.1) is 11.2 Å². The number of halogens is 4. The van der Waals surface area contributed by atoms with Crippen molar-refractivity contribution in [3.8, 4) is 23.0 Å². The highest BCUT2D eigenvalue weighted by Crippen LogP contribution is 2.66. The van der Waals surface area contributed by atoms with Gasteiger partial charge in [0.15, 0.2) is 5.82 Å². The van der Waals surface area contributed by atoms with Crippen LogP contribution >= 0.6 is 0 Å².